The number of benzene rings is 1. The summed E-state index contributed by atoms with van der Waals surface area (Å²) in [6.07, 6.45) is 2.88. The van der Waals surface area contributed by atoms with Gasteiger partial charge in [0.15, 0.2) is 5.54 Å². The summed E-state index contributed by atoms with van der Waals surface area (Å²) in [5.41, 5.74) is -0.450. The third-order valence-electron chi connectivity index (χ3n) is 3.59. The first-order valence-electron chi connectivity index (χ1n) is 7.72. The maximum Gasteiger partial charge on any atom is 0.331 e. The molecule has 0 spiro atoms. The van der Waals surface area contributed by atoms with Crippen LogP contribution in [0, 0.1) is 0 Å². The lowest BCUT2D eigenvalue weighted by molar-refractivity contribution is -0.149. The molecule has 4 nitrogen and oxygen atoms in total. The quantitative estimate of drug-likeness (QED) is 0.695. The van der Waals surface area contributed by atoms with E-state index in [0.29, 0.717) is 6.54 Å². The SMILES string of the molecule is CCCNC(COC(C)CCC)(C(=O)O)c1ccccc1. The lowest BCUT2D eigenvalue weighted by atomic mass is 9.90. The smallest absolute Gasteiger partial charge is 0.331 e. The Morgan fingerprint density at radius 2 is 1.95 bits per heavy atom. The van der Waals surface area contributed by atoms with Gasteiger partial charge in [0.1, 0.15) is 0 Å². The molecule has 118 valence electrons. The van der Waals surface area contributed by atoms with Crippen molar-refractivity contribution >= 4 is 5.97 Å². The van der Waals surface area contributed by atoms with E-state index < -0.39 is 11.5 Å². The Labute approximate surface area is 127 Å². The molecule has 0 amide bonds. The molecule has 0 heterocycles. The van der Waals surface area contributed by atoms with E-state index >= 15 is 0 Å². The van der Waals surface area contributed by atoms with E-state index in [-0.39, 0.29) is 12.7 Å². The van der Waals surface area contributed by atoms with Crippen molar-refractivity contribution < 1.29 is 14.6 Å². The molecule has 2 N–H and O–H groups in total. The molecule has 1 aromatic rings. The molecule has 0 bridgehead atoms. The number of hydrogen-bond acceptors (Lipinski definition) is 3. The first-order valence-corrected chi connectivity index (χ1v) is 7.72. The van der Waals surface area contributed by atoms with Gasteiger partial charge in [0.25, 0.3) is 0 Å². The van der Waals surface area contributed by atoms with Crippen LogP contribution in [0.2, 0.25) is 0 Å². The minimum Gasteiger partial charge on any atom is -0.480 e. The van der Waals surface area contributed by atoms with Crippen molar-refractivity contribution in [3.8, 4) is 0 Å². The fourth-order valence-electron chi connectivity index (χ4n) is 2.32. The van der Waals surface area contributed by atoms with Gasteiger partial charge < -0.3 is 9.84 Å². The number of ether oxygens (including phenoxy) is 1. The van der Waals surface area contributed by atoms with Crippen molar-refractivity contribution in [3.63, 3.8) is 0 Å². The van der Waals surface area contributed by atoms with E-state index in [1.807, 2.05) is 44.2 Å². The highest BCUT2D eigenvalue weighted by Crippen LogP contribution is 2.23. The number of hydrogen-bond donors (Lipinski definition) is 2. The highest BCUT2D eigenvalue weighted by atomic mass is 16.5. The monoisotopic (exact) mass is 293 g/mol. The molecule has 0 aliphatic rings. The zero-order valence-corrected chi connectivity index (χ0v) is 13.3. The van der Waals surface area contributed by atoms with Gasteiger partial charge in [0.05, 0.1) is 12.7 Å². The van der Waals surface area contributed by atoms with E-state index in [9.17, 15) is 9.90 Å². The Balaban J connectivity index is 2.99. The summed E-state index contributed by atoms with van der Waals surface area (Å²) in [6, 6.07) is 9.28. The lowest BCUT2D eigenvalue weighted by Gasteiger charge is -2.32. The molecular weight excluding hydrogens is 266 g/mol. The summed E-state index contributed by atoms with van der Waals surface area (Å²) in [5, 5.41) is 13.0. The molecule has 1 rings (SSSR count). The van der Waals surface area contributed by atoms with Crippen LogP contribution in [0.25, 0.3) is 0 Å². The van der Waals surface area contributed by atoms with E-state index in [2.05, 4.69) is 12.2 Å². The topological polar surface area (TPSA) is 58.6 Å². The standard InChI is InChI=1S/C17H27NO3/c1-4-9-14(3)21-13-17(16(19)20,18-12-5-2)15-10-7-6-8-11-15/h6-8,10-11,14,18H,4-5,9,12-13H2,1-3H3,(H,19,20). The van der Waals surface area contributed by atoms with Crippen LogP contribution in [0.1, 0.15) is 45.6 Å². The van der Waals surface area contributed by atoms with Crippen LogP contribution in [0.15, 0.2) is 30.3 Å². The third-order valence-corrected chi connectivity index (χ3v) is 3.59. The summed E-state index contributed by atoms with van der Waals surface area (Å²) < 4.78 is 5.82. The second kappa shape index (κ2) is 8.80. The number of carboxylic acids is 1. The predicted octanol–water partition coefficient (Wildman–Crippen LogP) is 3.17. The van der Waals surface area contributed by atoms with Crippen molar-refractivity contribution in [2.45, 2.75) is 51.7 Å². The van der Waals surface area contributed by atoms with Crippen LogP contribution < -0.4 is 5.32 Å². The molecule has 4 heteroatoms. The molecule has 0 aromatic heterocycles. The molecule has 1 aromatic carbocycles. The average Bonchev–Trinajstić information content (AvgIpc) is 2.48. The minimum atomic E-state index is -1.18. The maximum absolute atomic E-state index is 12.0. The number of carboxylic acid groups (broad SMARTS) is 1. The van der Waals surface area contributed by atoms with Gasteiger partial charge in [0, 0.05) is 0 Å². The van der Waals surface area contributed by atoms with Crippen molar-refractivity contribution in [1.29, 1.82) is 0 Å². The molecule has 2 unspecified atom stereocenters. The van der Waals surface area contributed by atoms with Gasteiger partial charge >= 0.3 is 5.97 Å². The third kappa shape index (κ3) is 4.83. The van der Waals surface area contributed by atoms with Gasteiger partial charge in [-0.3, -0.25) is 5.32 Å². The van der Waals surface area contributed by atoms with E-state index in [1.165, 1.54) is 0 Å². The number of rotatable bonds is 10. The molecule has 0 radical (unpaired) electrons. The second-order valence-corrected chi connectivity index (χ2v) is 5.41. The van der Waals surface area contributed by atoms with E-state index in [4.69, 9.17) is 4.74 Å². The Bertz CT molecular complexity index is 421. The van der Waals surface area contributed by atoms with Crippen molar-refractivity contribution in [2.24, 2.45) is 0 Å². The Kier molecular flexibility index (Phi) is 7.40. The number of aliphatic carboxylic acids is 1. The van der Waals surface area contributed by atoms with Gasteiger partial charge in [-0.25, -0.2) is 4.79 Å². The summed E-state index contributed by atoms with van der Waals surface area (Å²) in [5.74, 6) is -0.897. The molecule has 0 saturated carbocycles. The second-order valence-electron chi connectivity index (χ2n) is 5.41. The molecule has 0 fully saturated rings. The summed E-state index contributed by atoms with van der Waals surface area (Å²) in [6.45, 7) is 6.86. The normalized spacial score (nSPS) is 15.4. The minimum absolute atomic E-state index is 0.0564. The van der Waals surface area contributed by atoms with E-state index in [1.54, 1.807) is 0 Å². The fourth-order valence-corrected chi connectivity index (χ4v) is 2.32. The summed E-state index contributed by atoms with van der Waals surface area (Å²) in [4.78, 5) is 12.0. The lowest BCUT2D eigenvalue weighted by Crippen LogP contribution is -2.53. The van der Waals surface area contributed by atoms with Gasteiger partial charge in [0.2, 0.25) is 0 Å². The number of nitrogens with one attached hydrogen (secondary N) is 1. The van der Waals surface area contributed by atoms with Crippen LogP contribution in [0.4, 0.5) is 0 Å². The van der Waals surface area contributed by atoms with Crippen molar-refractivity contribution in [1.82, 2.24) is 5.32 Å². The Hall–Kier alpha value is -1.39. The fraction of sp³-hybridized carbons (Fsp3) is 0.588. The van der Waals surface area contributed by atoms with E-state index in [0.717, 1.165) is 24.8 Å². The first kappa shape index (κ1) is 17.7. The Morgan fingerprint density at radius 3 is 2.48 bits per heavy atom. The largest absolute Gasteiger partial charge is 0.480 e. The van der Waals surface area contributed by atoms with Gasteiger partial charge in [-0.05, 0) is 31.9 Å². The van der Waals surface area contributed by atoms with Crippen LogP contribution in [0.5, 0.6) is 0 Å². The first-order chi connectivity index (χ1) is 10.1. The maximum atomic E-state index is 12.0. The molecule has 0 saturated heterocycles. The number of carbonyl (C=O) groups is 1. The molecule has 21 heavy (non-hydrogen) atoms. The highest BCUT2D eigenvalue weighted by Gasteiger charge is 2.40. The van der Waals surface area contributed by atoms with Gasteiger partial charge in [-0.2, -0.15) is 0 Å². The predicted molar refractivity (Wildman–Crippen MR) is 84.4 cm³/mol. The van der Waals surface area contributed by atoms with Crippen molar-refractivity contribution in [2.75, 3.05) is 13.2 Å². The van der Waals surface area contributed by atoms with Crippen LogP contribution >= 0.6 is 0 Å². The summed E-state index contributed by atoms with van der Waals surface area (Å²) >= 11 is 0. The average molecular weight is 293 g/mol. The molecule has 0 aliphatic heterocycles. The summed E-state index contributed by atoms with van der Waals surface area (Å²) in [7, 11) is 0. The molecule has 0 aliphatic carbocycles. The molecular formula is C17H27NO3. The van der Waals surface area contributed by atoms with Gasteiger partial charge in [-0.1, -0.05) is 50.6 Å². The van der Waals surface area contributed by atoms with Gasteiger partial charge in [-0.15, -0.1) is 0 Å². The Morgan fingerprint density at radius 1 is 1.29 bits per heavy atom. The van der Waals surface area contributed by atoms with Crippen LogP contribution in [-0.4, -0.2) is 30.3 Å². The van der Waals surface area contributed by atoms with Crippen LogP contribution in [-0.2, 0) is 15.1 Å². The highest BCUT2D eigenvalue weighted by molar-refractivity contribution is 5.81. The van der Waals surface area contributed by atoms with Crippen LogP contribution in [0.3, 0.4) is 0 Å². The zero-order chi connectivity index (χ0) is 15.7. The molecule has 2 atom stereocenters. The van der Waals surface area contributed by atoms with Crippen molar-refractivity contribution in [3.05, 3.63) is 35.9 Å². The zero-order valence-electron chi connectivity index (χ0n) is 13.3.